The van der Waals surface area contributed by atoms with Crippen molar-refractivity contribution in [1.82, 2.24) is 0 Å². The smallest absolute Gasteiger partial charge is 0.170 e. The molecule has 2 saturated carbocycles. The van der Waals surface area contributed by atoms with Crippen molar-refractivity contribution in [3.63, 3.8) is 0 Å². The fourth-order valence-corrected chi connectivity index (χ4v) is 2.37. The summed E-state index contributed by atoms with van der Waals surface area (Å²) in [6, 6.07) is 0. The minimum absolute atomic E-state index is 0.0903. The zero-order valence-corrected chi connectivity index (χ0v) is 6.54. The monoisotopic (exact) mass is 156 g/mol. The van der Waals surface area contributed by atoms with E-state index in [4.69, 9.17) is 4.74 Å². The van der Waals surface area contributed by atoms with Crippen molar-refractivity contribution in [2.75, 3.05) is 7.11 Å². The van der Waals surface area contributed by atoms with Gasteiger partial charge < -0.3 is 9.84 Å². The summed E-state index contributed by atoms with van der Waals surface area (Å²) in [5, 5.41) is 9.83. The molecule has 2 rings (SSSR count). The van der Waals surface area contributed by atoms with Gasteiger partial charge in [-0.1, -0.05) is 0 Å². The highest BCUT2D eigenvalue weighted by Crippen LogP contribution is 2.48. The lowest BCUT2D eigenvalue weighted by Crippen LogP contribution is -2.65. The Morgan fingerprint density at radius 1 is 1.73 bits per heavy atom. The molecule has 0 aromatic rings. The molecule has 0 amide bonds. The van der Waals surface area contributed by atoms with Gasteiger partial charge in [-0.25, -0.2) is 0 Å². The molecule has 0 unspecified atom stereocenters. The Labute approximate surface area is 65.4 Å². The van der Waals surface area contributed by atoms with Crippen molar-refractivity contribution in [2.24, 2.45) is 5.92 Å². The number of aliphatic hydroxyl groups is 1. The number of carbonyl (C=O) groups excluding carboxylic acids is 1. The molecular formula is C8H12O3. The van der Waals surface area contributed by atoms with E-state index in [1.54, 1.807) is 0 Å². The van der Waals surface area contributed by atoms with Crippen molar-refractivity contribution in [3.8, 4) is 0 Å². The van der Waals surface area contributed by atoms with E-state index in [2.05, 4.69) is 0 Å². The molecule has 0 saturated heterocycles. The third kappa shape index (κ3) is 0.676. The Bertz CT molecular complexity index is 202. The van der Waals surface area contributed by atoms with Crippen LogP contribution in [0.15, 0.2) is 0 Å². The number of carbonyl (C=O) groups is 1. The second-order valence-electron chi connectivity index (χ2n) is 3.45. The highest BCUT2D eigenvalue weighted by Gasteiger charge is 2.63. The van der Waals surface area contributed by atoms with E-state index in [0.717, 1.165) is 19.3 Å². The number of methoxy groups -OCH3 is 1. The summed E-state index contributed by atoms with van der Waals surface area (Å²) >= 11 is 0. The van der Waals surface area contributed by atoms with Gasteiger partial charge in [-0.15, -0.1) is 0 Å². The molecule has 3 heteroatoms. The Morgan fingerprint density at radius 2 is 2.45 bits per heavy atom. The normalized spacial score (nSPS) is 48.7. The molecule has 11 heavy (non-hydrogen) atoms. The highest BCUT2D eigenvalue weighted by molar-refractivity contribution is 5.95. The van der Waals surface area contributed by atoms with Gasteiger partial charge in [0.25, 0.3) is 0 Å². The Kier molecular flexibility index (Phi) is 1.35. The lowest BCUT2D eigenvalue weighted by atomic mass is 9.68. The molecule has 0 bridgehead atoms. The van der Waals surface area contributed by atoms with Crippen LogP contribution in [0.25, 0.3) is 0 Å². The summed E-state index contributed by atoms with van der Waals surface area (Å²) in [7, 11) is 1.48. The van der Waals surface area contributed by atoms with Crippen LogP contribution in [0.4, 0.5) is 0 Å². The van der Waals surface area contributed by atoms with Gasteiger partial charge in [-0.3, -0.25) is 4.79 Å². The second kappa shape index (κ2) is 2.05. The number of rotatable bonds is 1. The summed E-state index contributed by atoms with van der Waals surface area (Å²) in [4.78, 5) is 11.2. The topological polar surface area (TPSA) is 46.5 Å². The van der Waals surface area contributed by atoms with Gasteiger partial charge in [0.05, 0.1) is 5.92 Å². The summed E-state index contributed by atoms with van der Waals surface area (Å²) in [6.07, 6.45) is 1.99. The van der Waals surface area contributed by atoms with Crippen LogP contribution in [0.1, 0.15) is 19.3 Å². The van der Waals surface area contributed by atoms with Gasteiger partial charge in [0.15, 0.2) is 5.78 Å². The molecule has 0 radical (unpaired) electrons. The Balaban J connectivity index is 2.21. The summed E-state index contributed by atoms with van der Waals surface area (Å²) in [6.45, 7) is 0. The number of ketones is 1. The first kappa shape index (κ1) is 7.25. The van der Waals surface area contributed by atoms with Crippen LogP contribution in [-0.2, 0) is 9.53 Å². The molecule has 3 nitrogen and oxygen atoms in total. The van der Waals surface area contributed by atoms with E-state index in [1.807, 2.05) is 0 Å². The third-order valence-electron chi connectivity index (χ3n) is 2.97. The van der Waals surface area contributed by atoms with Crippen LogP contribution in [0.2, 0.25) is 0 Å². The van der Waals surface area contributed by atoms with Gasteiger partial charge in [-0.2, -0.15) is 0 Å². The van der Waals surface area contributed by atoms with E-state index in [1.165, 1.54) is 7.11 Å². The van der Waals surface area contributed by atoms with Crippen molar-refractivity contribution >= 4 is 5.78 Å². The van der Waals surface area contributed by atoms with Gasteiger partial charge in [0.1, 0.15) is 11.7 Å². The lowest BCUT2D eigenvalue weighted by Gasteiger charge is -2.45. The van der Waals surface area contributed by atoms with Crippen molar-refractivity contribution < 1.29 is 14.6 Å². The van der Waals surface area contributed by atoms with Crippen LogP contribution in [0.5, 0.6) is 0 Å². The molecule has 2 aliphatic carbocycles. The fourth-order valence-electron chi connectivity index (χ4n) is 2.37. The fraction of sp³-hybridized carbons (Fsp3) is 0.875. The standard InChI is InChI=1S/C8H12O3/c1-11-7-6(9)5-3-2-4-8(5,7)10/h5,7,10H,2-4H2,1H3/t5-,7+,8+/m0/s1. The minimum atomic E-state index is -0.800. The van der Waals surface area contributed by atoms with E-state index in [9.17, 15) is 9.90 Å². The molecule has 2 fully saturated rings. The first-order valence-electron chi connectivity index (χ1n) is 3.99. The van der Waals surface area contributed by atoms with Crippen LogP contribution in [-0.4, -0.2) is 29.7 Å². The lowest BCUT2D eigenvalue weighted by molar-refractivity contribution is -0.193. The maximum absolute atomic E-state index is 11.2. The molecule has 3 atom stereocenters. The van der Waals surface area contributed by atoms with Crippen molar-refractivity contribution in [3.05, 3.63) is 0 Å². The molecule has 2 aliphatic rings. The number of fused-ring (bicyclic) bond motifs is 1. The summed E-state index contributed by atoms with van der Waals surface area (Å²) in [5.41, 5.74) is -0.800. The van der Waals surface area contributed by atoms with Crippen LogP contribution in [0, 0.1) is 5.92 Å². The number of hydrogen-bond donors (Lipinski definition) is 1. The summed E-state index contributed by atoms with van der Waals surface area (Å²) in [5.74, 6) is -0.0278. The zero-order chi connectivity index (χ0) is 8.06. The van der Waals surface area contributed by atoms with Crippen LogP contribution < -0.4 is 0 Å². The first-order valence-corrected chi connectivity index (χ1v) is 3.99. The van der Waals surface area contributed by atoms with E-state index in [-0.39, 0.29) is 11.7 Å². The maximum Gasteiger partial charge on any atom is 0.170 e. The molecule has 0 aromatic heterocycles. The van der Waals surface area contributed by atoms with Crippen molar-refractivity contribution in [1.29, 1.82) is 0 Å². The number of ether oxygens (including phenoxy) is 1. The molecular weight excluding hydrogens is 144 g/mol. The van der Waals surface area contributed by atoms with Gasteiger partial charge in [0.2, 0.25) is 0 Å². The van der Waals surface area contributed by atoms with Gasteiger partial charge in [0, 0.05) is 7.11 Å². The highest BCUT2D eigenvalue weighted by atomic mass is 16.5. The van der Waals surface area contributed by atoms with E-state index >= 15 is 0 Å². The predicted molar refractivity (Wildman–Crippen MR) is 38.1 cm³/mol. The predicted octanol–water partition coefficient (Wildman–Crippen LogP) is 0.115. The molecule has 0 heterocycles. The quantitative estimate of drug-likeness (QED) is 0.586. The Hall–Kier alpha value is -0.410. The third-order valence-corrected chi connectivity index (χ3v) is 2.97. The van der Waals surface area contributed by atoms with Crippen molar-refractivity contribution in [2.45, 2.75) is 31.0 Å². The van der Waals surface area contributed by atoms with Gasteiger partial charge in [-0.05, 0) is 19.3 Å². The largest absolute Gasteiger partial charge is 0.386 e. The zero-order valence-electron chi connectivity index (χ0n) is 6.54. The number of Topliss-reactive ketones (excluding diaryl/α,β-unsaturated/α-hetero) is 1. The molecule has 0 spiro atoms. The second-order valence-corrected chi connectivity index (χ2v) is 3.45. The molecule has 0 aromatic carbocycles. The summed E-state index contributed by atoms with van der Waals surface area (Å²) < 4.78 is 4.92. The maximum atomic E-state index is 11.2. The molecule has 1 N–H and O–H groups in total. The Morgan fingerprint density at radius 3 is 3.09 bits per heavy atom. The average molecular weight is 156 g/mol. The molecule has 62 valence electrons. The van der Waals surface area contributed by atoms with Gasteiger partial charge >= 0.3 is 0 Å². The van der Waals surface area contributed by atoms with Crippen LogP contribution >= 0.6 is 0 Å². The average Bonchev–Trinajstić information content (AvgIpc) is 2.29. The molecule has 0 aliphatic heterocycles. The van der Waals surface area contributed by atoms with Crippen LogP contribution in [0.3, 0.4) is 0 Å². The van der Waals surface area contributed by atoms with E-state index in [0.29, 0.717) is 0 Å². The minimum Gasteiger partial charge on any atom is -0.386 e. The SMILES string of the molecule is CO[C@@H]1C(=O)[C@@H]2CCC[C@]12O. The number of hydrogen-bond acceptors (Lipinski definition) is 3. The first-order chi connectivity index (χ1) is 5.20. The van der Waals surface area contributed by atoms with E-state index < -0.39 is 11.7 Å².